The minimum atomic E-state index is -1.86. The Labute approximate surface area is 282 Å². The van der Waals surface area contributed by atoms with Crippen molar-refractivity contribution in [2.75, 3.05) is 20.7 Å². The van der Waals surface area contributed by atoms with Gasteiger partial charge < -0.3 is 39.4 Å². The third-order valence-corrected chi connectivity index (χ3v) is 9.78. The lowest BCUT2D eigenvalue weighted by atomic mass is 9.65. The van der Waals surface area contributed by atoms with E-state index >= 15 is 0 Å². The average molecular weight is 670 g/mol. The van der Waals surface area contributed by atoms with Crippen LogP contribution in [0.2, 0.25) is 0 Å². The molecule has 264 valence electrons. The van der Waals surface area contributed by atoms with Crippen molar-refractivity contribution >= 4 is 17.8 Å². The van der Waals surface area contributed by atoms with E-state index in [2.05, 4.69) is 10.3 Å². The molecule has 1 aromatic heterocycles. The third kappa shape index (κ3) is 7.41. The number of amides is 2. The number of oxazole rings is 1. The fraction of sp³-hybridized carbons (Fsp3) is 0.556. The Hall–Kier alpha value is -3.84. The fourth-order valence-corrected chi connectivity index (χ4v) is 6.61. The van der Waals surface area contributed by atoms with Crippen LogP contribution in [0, 0.1) is 17.3 Å². The summed E-state index contributed by atoms with van der Waals surface area (Å²) in [5.74, 6) is -1.95. The number of allylic oxidation sites excluding steroid dienone is 7. The highest BCUT2D eigenvalue weighted by molar-refractivity contribution is 5.99. The highest BCUT2D eigenvalue weighted by Gasteiger charge is 2.80. The molecule has 1 spiro atoms. The number of hydrogen-bond donors (Lipinski definition) is 4. The number of nitrogens with zero attached hydrogens (tertiary/aromatic N) is 2. The van der Waals surface area contributed by atoms with E-state index in [1.807, 2.05) is 18.2 Å². The fourth-order valence-electron chi connectivity index (χ4n) is 6.61. The zero-order valence-electron chi connectivity index (χ0n) is 29.1. The third-order valence-electron chi connectivity index (χ3n) is 9.78. The summed E-state index contributed by atoms with van der Waals surface area (Å²) in [6, 6.07) is 0. The molecule has 4 unspecified atom stereocenters. The Morgan fingerprint density at radius 3 is 2.46 bits per heavy atom. The Bertz CT molecular complexity index is 1430. The number of carbonyl (C=O) groups excluding carboxylic acids is 3. The van der Waals surface area contributed by atoms with Crippen molar-refractivity contribution in [2.45, 2.75) is 89.9 Å². The largest absolute Gasteiger partial charge is 0.457 e. The lowest BCUT2D eigenvalue weighted by molar-refractivity contribution is -0.255. The summed E-state index contributed by atoms with van der Waals surface area (Å²) in [6.45, 7) is 10.3. The van der Waals surface area contributed by atoms with Crippen molar-refractivity contribution in [3.8, 4) is 0 Å². The van der Waals surface area contributed by atoms with E-state index in [4.69, 9.17) is 13.9 Å². The first-order valence-corrected chi connectivity index (χ1v) is 16.2. The number of methoxy groups -OCH3 is 1. The molecule has 4 N–H and O–H groups in total. The van der Waals surface area contributed by atoms with Gasteiger partial charge in [-0.1, -0.05) is 68.5 Å². The SMILES string of the molecule is COC(CC(C)C(O)/C=C/C=C/CNC(=O)C(C)(C)C(O)\C(C)=C/C=C\C=C\Cc1cnco1)[C@]1(O)[C@@H](C)C(=O)N(C)[C@]12C(=O)O[C@H]2C. The Balaban J connectivity index is 1.50. The van der Waals surface area contributed by atoms with Crippen LogP contribution in [-0.2, 0) is 30.3 Å². The van der Waals surface area contributed by atoms with E-state index in [0.717, 1.165) is 5.76 Å². The molecule has 48 heavy (non-hydrogen) atoms. The predicted octanol–water partition coefficient (Wildman–Crippen LogP) is 2.82. The van der Waals surface area contributed by atoms with Crippen LogP contribution in [0.4, 0.5) is 0 Å². The van der Waals surface area contributed by atoms with Crippen LogP contribution in [-0.4, -0.2) is 99.2 Å². The quantitative estimate of drug-likeness (QED) is 0.152. The summed E-state index contributed by atoms with van der Waals surface area (Å²) < 4.78 is 16.0. The summed E-state index contributed by atoms with van der Waals surface area (Å²) in [5.41, 5.74) is -3.87. The summed E-state index contributed by atoms with van der Waals surface area (Å²) in [6.07, 6.45) is 16.0. The van der Waals surface area contributed by atoms with Gasteiger partial charge in [0.2, 0.25) is 17.4 Å². The first-order valence-electron chi connectivity index (χ1n) is 16.2. The van der Waals surface area contributed by atoms with Crippen molar-refractivity contribution < 1.29 is 43.6 Å². The molecule has 12 nitrogen and oxygen atoms in total. The maximum atomic E-state index is 12.9. The molecule has 0 radical (unpaired) electrons. The van der Waals surface area contributed by atoms with E-state index in [1.165, 1.54) is 25.5 Å². The molecule has 2 amide bonds. The van der Waals surface area contributed by atoms with Gasteiger partial charge in [0.1, 0.15) is 17.5 Å². The summed E-state index contributed by atoms with van der Waals surface area (Å²) in [7, 11) is 2.89. The number of nitrogens with one attached hydrogen (secondary N) is 1. The molecule has 2 aliphatic rings. The van der Waals surface area contributed by atoms with Gasteiger partial charge >= 0.3 is 5.97 Å². The maximum absolute atomic E-state index is 12.9. The first-order chi connectivity index (χ1) is 22.6. The number of cyclic esters (lactones) is 1. The van der Waals surface area contributed by atoms with E-state index in [9.17, 15) is 29.7 Å². The second kappa shape index (κ2) is 16.0. The van der Waals surface area contributed by atoms with Crippen LogP contribution >= 0.6 is 0 Å². The number of rotatable bonds is 16. The highest BCUT2D eigenvalue weighted by Crippen LogP contribution is 2.54. The normalized spacial score (nSPS) is 27.7. The standard InChI is InChI=1S/C36H51N3O9/c1-23(16-12-9-10-13-17-27-21-37-22-47-27)30(41)34(5,6)32(43)38-19-15-11-14-18-28(40)24(2)20-29(46-8)36(45)25(3)31(42)39(7)35(36)26(4)48-33(35)44/h9-16,18,21-22,24-26,28-30,40-41,45H,17,19-20H2,1-8H3,(H,38,43)/b12-9-,13-10+,15-11+,18-14+,23-16-/t24?,25-,26-,28?,29?,30?,35+,36+/m0/s1. The number of hydrogen-bond acceptors (Lipinski definition) is 10. The van der Waals surface area contributed by atoms with E-state index in [1.54, 1.807) is 84.2 Å². The van der Waals surface area contributed by atoms with Crippen LogP contribution in [0.15, 0.2) is 77.3 Å². The highest BCUT2D eigenvalue weighted by atomic mass is 16.6. The Morgan fingerprint density at radius 2 is 1.85 bits per heavy atom. The summed E-state index contributed by atoms with van der Waals surface area (Å²) in [4.78, 5) is 43.7. The van der Waals surface area contributed by atoms with Crippen molar-refractivity contribution in [1.82, 2.24) is 15.2 Å². The molecule has 1 aromatic rings. The first kappa shape index (κ1) is 38.6. The van der Waals surface area contributed by atoms with Crippen LogP contribution < -0.4 is 5.32 Å². The maximum Gasteiger partial charge on any atom is 0.339 e. The molecule has 12 heteroatoms. The lowest BCUT2D eigenvalue weighted by Gasteiger charge is -2.55. The van der Waals surface area contributed by atoms with E-state index in [-0.39, 0.29) is 24.8 Å². The zero-order valence-corrected chi connectivity index (χ0v) is 29.1. The van der Waals surface area contributed by atoms with Gasteiger partial charge in [0.05, 0.1) is 35.8 Å². The molecular weight excluding hydrogens is 618 g/mol. The minimum absolute atomic E-state index is 0.160. The van der Waals surface area contributed by atoms with Crippen molar-refractivity contribution in [2.24, 2.45) is 17.3 Å². The predicted molar refractivity (Wildman–Crippen MR) is 179 cm³/mol. The second-order valence-corrected chi connectivity index (χ2v) is 13.2. The molecule has 0 bridgehead atoms. The molecule has 2 fully saturated rings. The Kier molecular flexibility index (Phi) is 12.9. The number of carbonyl (C=O) groups is 3. The van der Waals surface area contributed by atoms with E-state index < -0.39 is 58.8 Å². The van der Waals surface area contributed by atoms with Gasteiger partial charge in [-0.15, -0.1) is 0 Å². The Morgan fingerprint density at radius 1 is 1.17 bits per heavy atom. The number of esters is 1. The van der Waals surface area contributed by atoms with Gasteiger partial charge in [0.15, 0.2) is 6.39 Å². The van der Waals surface area contributed by atoms with Gasteiger partial charge in [-0.25, -0.2) is 9.78 Å². The van der Waals surface area contributed by atoms with Gasteiger partial charge in [-0.05, 0) is 45.6 Å². The van der Waals surface area contributed by atoms with E-state index in [0.29, 0.717) is 12.0 Å². The molecule has 8 atom stereocenters. The van der Waals surface area contributed by atoms with Crippen LogP contribution in [0.1, 0.15) is 53.7 Å². The topological polar surface area (TPSA) is 172 Å². The molecule has 0 aliphatic carbocycles. The minimum Gasteiger partial charge on any atom is -0.457 e. The van der Waals surface area contributed by atoms with Crippen LogP contribution in [0.5, 0.6) is 0 Å². The summed E-state index contributed by atoms with van der Waals surface area (Å²) in [5, 5.41) is 36.5. The number of ether oxygens (including phenoxy) is 2. The van der Waals surface area contributed by atoms with Crippen LogP contribution in [0.3, 0.4) is 0 Å². The average Bonchev–Trinajstić information content (AvgIpc) is 3.63. The van der Waals surface area contributed by atoms with Gasteiger partial charge in [0, 0.05) is 27.1 Å². The molecule has 0 saturated carbocycles. The lowest BCUT2D eigenvalue weighted by Crippen LogP contribution is -2.80. The number of likely N-dealkylation sites (tertiary alicyclic amines) is 1. The van der Waals surface area contributed by atoms with Gasteiger partial charge in [0.25, 0.3) is 0 Å². The molecule has 3 heterocycles. The number of aliphatic hydroxyl groups is 3. The second-order valence-electron chi connectivity index (χ2n) is 13.2. The zero-order chi connectivity index (χ0) is 35.9. The molecule has 3 rings (SSSR count). The summed E-state index contributed by atoms with van der Waals surface area (Å²) >= 11 is 0. The number of aliphatic hydroxyl groups excluding tert-OH is 2. The molecule has 2 aliphatic heterocycles. The number of aromatic nitrogens is 1. The molecular formula is C36H51N3O9. The van der Waals surface area contributed by atoms with Crippen molar-refractivity contribution in [3.63, 3.8) is 0 Å². The van der Waals surface area contributed by atoms with Crippen molar-refractivity contribution in [1.29, 1.82) is 0 Å². The van der Waals surface area contributed by atoms with Gasteiger partial charge in [-0.2, -0.15) is 0 Å². The monoisotopic (exact) mass is 669 g/mol. The van der Waals surface area contributed by atoms with Crippen molar-refractivity contribution in [3.05, 3.63) is 78.6 Å². The molecule has 0 aromatic carbocycles. The van der Waals surface area contributed by atoms with Crippen LogP contribution in [0.25, 0.3) is 0 Å². The number of likely N-dealkylation sites (N-methyl/N-ethyl adjacent to an activating group) is 1. The smallest absolute Gasteiger partial charge is 0.339 e. The van der Waals surface area contributed by atoms with Gasteiger partial charge in [-0.3, -0.25) is 9.59 Å². The molecule has 2 saturated heterocycles.